The Morgan fingerprint density at radius 1 is 1.00 bits per heavy atom. The van der Waals surface area contributed by atoms with Gasteiger partial charge in [-0.3, -0.25) is 9.78 Å². The van der Waals surface area contributed by atoms with E-state index in [0.717, 1.165) is 12.1 Å². The maximum absolute atomic E-state index is 12.6. The van der Waals surface area contributed by atoms with Gasteiger partial charge in [0.25, 0.3) is 5.91 Å². The first kappa shape index (κ1) is 20.1. The van der Waals surface area contributed by atoms with Crippen LogP contribution in [0.3, 0.4) is 0 Å². The topological polar surface area (TPSA) is 73.3 Å². The zero-order valence-corrected chi connectivity index (χ0v) is 15.4. The van der Waals surface area contributed by atoms with Crippen molar-refractivity contribution >= 4 is 11.7 Å². The number of nitrogens with one attached hydrogen (secondary N) is 1. The van der Waals surface area contributed by atoms with Gasteiger partial charge in [-0.15, -0.1) is 0 Å². The van der Waals surface area contributed by atoms with Crippen LogP contribution in [0.25, 0.3) is 11.3 Å². The van der Waals surface area contributed by atoms with Crippen LogP contribution in [0.5, 0.6) is 11.5 Å². The number of pyridine rings is 2. The van der Waals surface area contributed by atoms with Crippen LogP contribution >= 0.6 is 0 Å². The normalized spacial score (nSPS) is 11.1. The van der Waals surface area contributed by atoms with Gasteiger partial charge in [0.15, 0.2) is 0 Å². The fraction of sp³-hybridized carbons (Fsp3) is 0.150. The van der Waals surface area contributed by atoms with E-state index in [0.29, 0.717) is 29.0 Å². The number of methoxy groups -OCH3 is 2. The molecule has 0 aliphatic heterocycles. The van der Waals surface area contributed by atoms with E-state index < -0.39 is 17.6 Å². The first-order valence-corrected chi connectivity index (χ1v) is 8.35. The number of nitrogens with zero attached hydrogens (tertiary/aromatic N) is 2. The average Bonchev–Trinajstić information content (AvgIpc) is 2.73. The SMILES string of the molecule is COc1cc(C(=O)Nc2ccc(C(F)(F)F)cn2)ccc1-c1ncccc1OC. The Kier molecular flexibility index (Phi) is 5.67. The summed E-state index contributed by atoms with van der Waals surface area (Å²) in [5, 5.41) is 2.46. The number of amides is 1. The molecule has 1 aromatic carbocycles. The van der Waals surface area contributed by atoms with Crippen LogP contribution in [-0.4, -0.2) is 30.1 Å². The highest BCUT2D eigenvalue weighted by Crippen LogP contribution is 2.35. The molecule has 2 heterocycles. The summed E-state index contributed by atoms with van der Waals surface area (Å²) in [6.45, 7) is 0. The summed E-state index contributed by atoms with van der Waals surface area (Å²) in [5.74, 6) is 0.375. The number of benzene rings is 1. The van der Waals surface area contributed by atoms with E-state index in [1.807, 2.05) is 0 Å². The molecule has 0 atom stereocenters. The fourth-order valence-electron chi connectivity index (χ4n) is 2.61. The van der Waals surface area contributed by atoms with Gasteiger partial charge in [0.2, 0.25) is 0 Å². The highest BCUT2D eigenvalue weighted by molar-refractivity contribution is 6.04. The second-order valence-electron chi connectivity index (χ2n) is 5.85. The van der Waals surface area contributed by atoms with Crippen molar-refractivity contribution in [1.82, 2.24) is 9.97 Å². The van der Waals surface area contributed by atoms with E-state index in [1.165, 1.54) is 20.3 Å². The Balaban J connectivity index is 1.85. The average molecular weight is 403 g/mol. The number of rotatable bonds is 5. The van der Waals surface area contributed by atoms with E-state index in [9.17, 15) is 18.0 Å². The van der Waals surface area contributed by atoms with Crippen molar-refractivity contribution in [3.63, 3.8) is 0 Å². The largest absolute Gasteiger partial charge is 0.496 e. The van der Waals surface area contributed by atoms with Crippen LogP contribution in [0.4, 0.5) is 19.0 Å². The Morgan fingerprint density at radius 3 is 2.38 bits per heavy atom. The van der Waals surface area contributed by atoms with Crippen molar-refractivity contribution in [2.75, 3.05) is 19.5 Å². The Labute approximate surface area is 164 Å². The van der Waals surface area contributed by atoms with Crippen molar-refractivity contribution in [2.45, 2.75) is 6.18 Å². The monoisotopic (exact) mass is 403 g/mol. The number of aromatic nitrogens is 2. The molecule has 0 radical (unpaired) electrons. The Morgan fingerprint density at radius 2 is 1.76 bits per heavy atom. The molecule has 1 amide bonds. The van der Waals surface area contributed by atoms with Crippen molar-refractivity contribution in [1.29, 1.82) is 0 Å². The zero-order chi connectivity index (χ0) is 21.0. The molecule has 0 saturated heterocycles. The lowest BCUT2D eigenvalue weighted by atomic mass is 10.1. The number of carbonyl (C=O) groups excluding carboxylic acids is 1. The van der Waals surface area contributed by atoms with Crippen molar-refractivity contribution in [3.05, 3.63) is 66.0 Å². The standard InChI is InChI=1S/C20H16F3N3O3/c1-28-15-4-3-9-24-18(15)14-7-5-12(10-16(14)29-2)19(27)26-17-8-6-13(11-25-17)20(21,22)23/h3-11H,1-2H3,(H,25,26,27). The van der Waals surface area contributed by atoms with Gasteiger partial charge in [-0.2, -0.15) is 13.2 Å². The molecule has 6 nitrogen and oxygen atoms in total. The molecule has 9 heteroatoms. The molecule has 150 valence electrons. The van der Waals surface area contributed by atoms with Crippen LogP contribution in [-0.2, 0) is 6.18 Å². The van der Waals surface area contributed by atoms with Crippen molar-refractivity contribution < 1.29 is 27.4 Å². The summed E-state index contributed by atoms with van der Waals surface area (Å²) in [5.41, 5.74) is 0.505. The molecule has 0 unspecified atom stereocenters. The predicted octanol–water partition coefficient (Wildman–Crippen LogP) is 4.43. The van der Waals surface area contributed by atoms with Crippen LogP contribution in [0.2, 0.25) is 0 Å². The highest BCUT2D eigenvalue weighted by Gasteiger charge is 2.30. The van der Waals surface area contributed by atoms with Crippen LogP contribution in [0, 0.1) is 0 Å². The molecule has 29 heavy (non-hydrogen) atoms. The number of ether oxygens (including phenoxy) is 2. The van der Waals surface area contributed by atoms with E-state index >= 15 is 0 Å². The van der Waals surface area contributed by atoms with E-state index in [2.05, 4.69) is 15.3 Å². The number of hydrogen-bond acceptors (Lipinski definition) is 5. The third kappa shape index (κ3) is 4.45. The maximum atomic E-state index is 12.6. The molecule has 3 rings (SSSR count). The number of carbonyl (C=O) groups is 1. The van der Waals surface area contributed by atoms with Crippen LogP contribution < -0.4 is 14.8 Å². The third-order valence-corrected chi connectivity index (χ3v) is 4.04. The predicted molar refractivity (Wildman–Crippen MR) is 100.0 cm³/mol. The lowest BCUT2D eigenvalue weighted by molar-refractivity contribution is -0.137. The number of hydrogen-bond donors (Lipinski definition) is 1. The molecule has 3 aromatic rings. The zero-order valence-electron chi connectivity index (χ0n) is 15.4. The van der Waals surface area contributed by atoms with Crippen molar-refractivity contribution in [2.24, 2.45) is 0 Å². The molecule has 0 saturated carbocycles. The van der Waals surface area contributed by atoms with Gasteiger partial charge in [-0.1, -0.05) is 0 Å². The van der Waals surface area contributed by atoms with E-state index in [-0.39, 0.29) is 11.4 Å². The first-order chi connectivity index (χ1) is 13.8. The molecule has 0 aliphatic rings. The third-order valence-electron chi connectivity index (χ3n) is 4.04. The van der Waals surface area contributed by atoms with Gasteiger partial charge in [0.1, 0.15) is 23.0 Å². The lowest BCUT2D eigenvalue weighted by Gasteiger charge is -2.13. The van der Waals surface area contributed by atoms with Crippen LogP contribution in [0.1, 0.15) is 15.9 Å². The molecule has 0 bridgehead atoms. The number of alkyl halides is 3. The molecule has 0 aliphatic carbocycles. The van der Waals surface area contributed by atoms with Gasteiger partial charge in [-0.05, 0) is 42.5 Å². The second kappa shape index (κ2) is 8.17. The van der Waals surface area contributed by atoms with Crippen molar-refractivity contribution in [3.8, 4) is 22.8 Å². The molecule has 1 N–H and O–H groups in total. The van der Waals surface area contributed by atoms with Gasteiger partial charge in [-0.25, -0.2) is 4.98 Å². The number of anilines is 1. The summed E-state index contributed by atoms with van der Waals surface area (Å²) < 4.78 is 48.5. The lowest BCUT2D eigenvalue weighted by Crippen LogP contribution is -2.14. The molecular weight excluding hydrogens is 387 g/mol. The fourth-order valence-corrected chi connectivity index (χ4v) is 2.61. The smallest absolute Gasteiger partial charge is 0.417 e. The first-order valence-electron chi connectivity index (χ1n) is 8.35. The summed E-state index contributed by atoms with van der Waals surface area (Å²) in [6.07, 6.45) is -2.23. The van der Waals surface area contributed by atoms with Crippen LogP contribution in [0.15, 0.2) is 54.9 Å². The number of halogens is 3. The van der Waals surface area contributed by atoms with E-state index in [4.69, 9.17) is 9.47 Å². The summed E-state index contributed by atoms with van der Waals surface area (Å²) >= 11 is 0. The highest BCUT2D eigenvalue weighted by atomic mass is 19.4. The van der Waals surface area contributed by atoms with Gasteiger partial charge >= 0.3 is 6.18 Å². The minimum Gasteiger partial charge on any atom is -0.496 e. The van der Waals surface area contributed by atoms with Gasteiger partial charge < -0.3 is 14.8 Å². The summed E-state index contributed by atoms with van der Waals surface area (Å²) in [4.78, 5) is 20.4. The minimum atomic E-state index is -4.49. The van der Waals surface area contributed by atoms with Gasteiger partial charge in [0, 0.05) is 23.5 Å². The minimum absolute atomic E-state index is 0.00237. The second-order valence-corrected chi connectivity index (χ2v) is 5.85. The molecule has 2 aromatic heterocycles. The molecule has 0 fully saturated rings. The quantitative estimate of drug-likeness (QED) is 0.682. The van der Waals surface area contributed by atoms with Gasteiger partial charge in [0.05, 0.1) is 19.8 Å². The summed E-state index contributed by atoms with van der Waals surface area (Å²) in [6, 6.07) is 10.1. The Bertz CT molecular complexity index is 1020. The maximum Gasteiger partial charge on any atom is 0.417 e. The van der Waals surface area contributed by atoms with E-state index in [1.54, 1.807) is 30.5 Å². The molecule has 0 spiro atoms. The molecular formula is C20H16F3N3O3. The summed E-state index contributed by atoms with van der Waals surface area (Å²) in [7, 11) is 2.97. The Hall–Kier alpha value is -3.62.